The molecular weight excluding hydrogens is 264 g/mol. The van der Waals surface area contributed by atoms with Gasteiger partial charge in [-0.15, -0.1) is 0 Å². The van der Waals surface area contributed by atoms with Crippen molar-refractivity contribution in [1.29, 1.82) is 0 Å². The fraction of sp³-hybridized carbons (Fsp3) is 0.538. The van der Waals surface area contributed by atoms with Crippen LogP contribution in [-0.4, -0.2) is 25.7 Å². The van der Waals surface area contributed by atoms with E-state index in [0.29, 0.717) is 0 Å². The van der Waals surface area contributed by atoms with Crippen molar-refractivity contribution in [2.24, 2.45) is 5.92 Å². The molecule has 0 aromatic heterocycles. The summed E-state index contributed by atoms with van der Waals surface area (Å²) >= 11 is 3.49. The molecule has 1 N–H and O–H groups in total. The summed E-state index contributed by atoms with van der Waals surface area (Å²) in [6.07, 6.45) is 2.64. The minimum atomic E-state index is 0.784. The lowest BCUT2D eigenvalue weighted by molar-refractivity contribution is 0.376. The zero-order chi connectivity index (χ0) is 11.0. The first-order chi connectivity index (χ1) is 7.83. The van der Waals surface area contributed by atoms with Gasteiger partial charge in [0.05, 0.1) is 0 Å². The van der Waals surface area contributed by atoms with Crippen LogP contribution in [0.4, 0.5) is 5.69 Å². The van der Waals surface area contributed by atoms with Gasteiger partial charge in [0.1, 0.15) is 0 Å². The number of hydrogen-bond donors (Lipinski definition) is 1. The van der Waals surface area contributed by atoms with Gasteiger partial charge in [0, 0.05) is 29.3 Å². The minimum absolute atomic E-state index is 0.784. The number of nitrogens with zero attached hydrogens (tertiary/aromatic N) is 1. The lowest BCUT2D eigenvalue weighted by Gasteiger charge is -2.36. The Morgan fingerprint density at radius 1 is 1.19 bits per heavy atom. The maximum absolute atomic E-state index is 3.61. The maximum atomic E-state index is 3.61. The molecular formula is C13H17BrN2. The summed E-state index contributed by atoms with van der Waals surface area (Å²) in [5.74, 6) is 0.859. The first-order valence-electron chi connectivity index (χ1n) is 6.07. The molecule has 2 aliphatic heterocycles. The smallest absolute Gasteiger partial charge is 0.0367 e. The minimum Gasteiger partial charge on any atom is -0.371 e. The first-order valence-corrected chi connectivity index (χ1v) is 6.86. The van der Waals surface area contributed by atoms with Crippen LogP contribution >= 0.6 is 15.9 Å². The van der Waals surface area contributed by atoms with Crippen molar-refractivity contribution in [3.05, 3.63) is 28.7 Å². The van der Waals surface area contributed by atoms with E-state index in [-0.39, 0.29) is 0 Å². The van der Waals surface area contributed by atoms with E-state index in [4.69, 9.17) is 0 Å². The van der Waals surface area contributed by atoms with Crippen LogP contribution in [0.1, 0.15) is 12.8 Å². The standard InChI is InChI=1S/C13H17BrN2/c14-11-1-3-12(4-2-11)16-8-6-13-10(9-16)5-7-15-13/h1-4,10,13,15H,5-9H2. The highest BCUT2D eigenvalue weighted by atomic mass is 79.9. The third-order valence-corrected chi connectivity index (χ3v) is 4.38. The molecule has 86 valence electrons. The molecule has 0 saturated carbocycles. The average molecular weight is 281 g/mol. The van der Waals surface area contributed by atoms with Gasteiger partial charge in [0.15, 0.2) is 0 Å². The molecule has 3 rings (SSSR count). The number of rotatable bonds is 1. The average Bonchev–Trinajstić information content (AvgIpc) is 2.77. The number of piperidine rings is 1. The molecule has 16 heavy (non-hydrogen) atoms. The molecule has 2 nitrogen and oxygen atoms in total. The zero-order valence-electron chi connectivity index (χ0n) is 9.32. The molecule has 2 heterocycles. The molecule has 3 heteroatoms. The monoisotopic (exact) mass is 280 g/mol. The third-order valence-electron chi connectivity index (χ3n) is 3.85. The third kappa shape index (κ3) is 1.98. The number of benzene rings is 1. The van der Waals surface area contributed by atoms with Crippen molar-refractivity contribution in [1.82, 2.24) is 5.32 Å². The largest absolute Gasteiger partial charge is 0.371 e. The molecule has 0 radical (unpaired) electrons. The Hall–Kier alpha value is -0.540. The van der Waals surface area contributed by atoms with Gasteiger partial charge in [0.2, 0.25) is 0 Å². The van der Waals surface area contributed by atoms with Crippen LogP contribution in [0.5, 0.6) is 0 Å². The van der Waals surface area contributed by atoms with Gasteiger partial charge in [-0.25, -0.2) is 0 Å². The van der Waals surface area contributed by atoms with Crippen molar-refractivity contribution >= 4 is 21.6 Å². The van der Waals surface area contributed by atoms with Gasteiger partial charge in [-0.3, -0.25) is 0 Å². The SMILES string of the molecule is Brc1ccc(N2CCC3NCCC3C2)cc1. The van der Waals surface area contributed by atoms with Crippen LogP contribution in [-0.2, 0) is 0 Å². The fourth-order valence-corrected chi connectivity index (χ4v) is 3.20. The van der Waals surface area contributed by atoms with Crippen molar-refractivity contribution < 1.29 is 0 Å². The lowest BCUT2D eigenvalue weighted by Crippen LogP contribution is -2.44. The van der Waals surface area contributed by atoms with E-state index in [1.54, 1.807) is 0 Å². The highest BCUT2D eigenvalue weighted by molar-refractivity contribution is 9.10. The quantitative estimate of drug-likeness (QED) is 0.851. The Morgan fingerprint density at radius 3 is 2.81 bits per heavy atom. The molecule has 0 spiro atoms. The topological polar surface area (TPSA) is 15.3 Å². The van der Waals surface area contributed by atoms with Gasteiger partial charge < -0.3 is 10.2 Å². The predicted molar refractivity (Wildman–Crippen MR) is 70.9 cm³/mol. The summed E-state index contributed by atoms with van der Waals surface area (Å²) in [4.78, 5) is 2.53. The second-order valence-corrected chi connectivity index (χ2v) is 5.74. The summed E-state index contributed by atoms with van der Waals surface area (Å²) in [5.41, 5.74) is 1.37. The second kappa shape index (κ2) is 4.38. The van der Waals surface area contributed by atoms with Crippen LogP contribution in [0.3, 0.4) is 0 Å². The molecule has 1 aromatic carbocycles. The van der Waals surface area contributed by atoms with Crippen molar-refractivity contribution in [2.75, 3.05) is 24.5 Å². The predicted octanol–water partition coefficient (Wildman–Crippen LogP) is 2.64. The Balaban J connectivity index is 1.74. The molecule has 0 bridgehead atoms. The van der Waals surface area contributed by atoms with Gasteiger partial charge >= 0.3 is 0 Å². The number of anilines is 1. The summed E-state index contributed by atoms with van der Waals surface area (Å²) in [5, 5.41) is 3.61. The zero-order valence-corrected chi connectivity index (χ0v) is 10.9. The van der Waals surface area contributed by atoms with E-state index in [1.165, 1.54) is 38.2 Å². The van der Waals surface area contributed by atoms with E-state index in [1.807, 2.05) is 0 Å². The number of hydrogen-bond acceptors (Lipinski definition) is 2. The lowest BCUT2D eigenvalue weighted by atomic mass is 9.93. The van der Waals surface area contributed by atoms with Crippen LogP contribution in [0.25, 0.3) is 0 Å². The van der Waals surface area contributed by atoms with Crippen molar-refractivity contribution in [2.45, 2.75) is 18.9 Å². The summed E-state index contributed by atoms with van der Waals surface area (Å²) in [7, 11) is 0. The molecule has 2 unspecified atom stereocenters. The van der Waals surface area contributed by atoms with Gasteiger partial charge in [-0.05, 0) is 49.6 Å². The molecule has 1 aromatic rings. The number of halogens is 1. The molecule has 2 aliphatic rings. The first kappa shape index (κ1) is 10.6. The Kier molecular flexibility index (Phi) is 2.90. The van der Waals surface area contributed by atoms with E-state index in [0.717, 1.165) is 16.4 Å². The van der Waals surface area contributed by atoms with Gasteiger partial charge in [-0.1, -0.05) is 15.9 Å². The van der Waals surface area contributed by atoms with Crippen LogP contribution < -0.4 is 10.2 Å². The van der Waals surface area contributed by atoms with Gasteiger partial charge in [-0.2, -0.15) is 0 Å². The molecule has 0 amide bonds. The van der Waals surface area contributed by atoms with E-state index in [9.17, 15) is 0 Å². The molecule has 0 aliphatic carbocycles. The molecule has 2 fully saturated rings. The second-order valence-electron chi connectivity index (χ2n) is 4.82. The number of nitrogens with one attached hydrogen (secondary N) is 1. The highest BCUT2D eigenvalue weighted by Crippen LogP contribution is 2.28. The maximum Gasteiger partial charge on any atom is 0.0367 e. The van der Waals surface area contributed by atoms with Crippen LogP contribution in [0.2, 0.25) is 0 Å². The fourth-order valence-electron chi connectivity index (χ4n) is 2.93. The summed E-state index contributed by atoms with van der Waals surface area (Å²) in [6.45, 7) is 3.62. The Bertz CT molecular complexity index is 363. The summed E-state index contributed by atoms with van der Waals surface area (Å²) < 4.78 is 1.16. The van der Waals surface area contributed by atoms with Crippen LogP contribution in [0, 0.1) is 5.92 Å². The van der Waals surface area contributed by atoms with E-state index < -0.39 is 0 Å². The van der Waals surface area contributed by atoms with E-state index in [2.05, 4.69) is 50.4 Å². The summed E-state index contributed by atoms with van der Waals surface area (Å²) in [6, 6.07) is 9.48. The Morgan fingerprint density at radius 2 is 2.00 bits per heavy atom. The van der Waals surface area contributed by atoms with Crippen LogP contribution in [0.15, 0.2) is 28.7 Å². The number of fused-ring (bicyclic) bond motifs is 1. The normalized spacial score (nSPS) is 29.2. The Labute approximate surface area is 105 Å². The van der Waals surface area contributed by atoms with E-state index >= 15 is 0 Å². The van der Waals surface area contributed by atoms with Gasteiger partial charge in [0.25, 0.3) is 0 Å². The van der Waals surface area contributed by atoms with Crippen molar-refractivity contribution in [3.63, 3.8) is 0 Å². The molecule has 2 atom stereocenters. The van der Waals surface area contributed by atoms with Crippen molar-refractivity contribution in [3.8, 4) is 0 Å². The molecule has 2 saturated heterocycles. The highest BCUT2D eigenvalue weighted by Gasteiger charge is 2.32.